The minimum Gasteiger partial charge on any atom is -0.545 e. The number of hydrogen-bond donors (Lipinski definition) is 1. The van der Waals surface area contributed by atoms with Gasteiger partial charge in [0, 0.05) is 11.0 Å². The highest BCUT2D eigenvalue weighted by atomic mass is 32.1. The van der Waals surface area contributed by atoms with E-state index in [1.54, 1.807) is 6.92 Å². The van der Waals surface area contributed by atoms with Gasteiger partial charge in [-0.15, -0.1) is 11.3 Å². The van der Waals surface area contributed by atoms with Crippen molar-refractivity contribution in [2.45, 2.75) is 32.6 Å². The summed E-state index contributed by atoms with van der Waals surface area (Å²) in [4.78, 5) is 35.3. The van der Waals surface area contributed by atoms with Crippen LogP contribution in [-0.2, 0) is 27.2 Å². The van der Waals surface area contributed by atoms with Crippen molar-refractivity contribution in [1.82, 2.24) is 0 Å². The molecule has 1 heterocycles. The Balaban J connectivity index is 2.29. The van der Waals surface area contributed by atoms with Gasteiger partial charge in [-0.25, -0.2) is 4.79 Å². The van der Waals surface area contributed by atoms with Gasteiger partial charge in [0.05, 0.1) is 18.1 Å². The fraction of sp³-hybridized carbons (Fsp3) is 0.400. The third-order valence-electron chi connectivity index (χ3n) is 3.26. The molecule has 1 aromatic rings. The zero-order valence-corrected chi connectivity index (χ0v) is 13.0. The first-order valence-corrected chi connectivity index (χ1v) is 7.86. The number of carboxylic acid groups (broad SMARTS) is 1. The van der Waals surface area contributed by atoms with Gasteiger partial charge >= 0.3 is 5.97 Å². The molecule has 0 fully saturated rings. The summed E-state index contributed by atoms with van der Waals surface area (Å²) in [6.07, 6.45) is 5.21. The topological polar surface area (TPSA) is 95.5 Å². The number of aliphatic carboxylic acids is 1. The number of anilines is 1. The maximum absolute atomic E-state index is 12.2. The second-order valence-electron chi connectivity index (χ2n) is 4.78. The summed E-state index contributed by atoms with van der Waals surface area (Å²) in [5.74, 6) is -2.53. The fourth-order valence-corrected chi connectivity index (χ4v) is 3.65. The van der Waals surface area contributed by atoms with E-state index in [4.69, 9.17) is 4.74 Å². The van der Waals surface area contributed by atoms with E-state index in [0.29, 0.717) is 16.6 Å². The van der Waals surface area contributed by atoms with Crippen LogP contribution in [0.5, 0.6) is 0 Å². The van der Waals surface area contributed by atoms with Crippen molar-refractivity contribution in [2.24, 2.45) is 0 Å². The third-order valence-corrected chi connectivity index (χ3v) is 4.47. The zero-order valence-electron chi connectivity index (χ0n) is 12.1. The van der Waals surface area contributed by atoms with E-state index >= 15 is 0 Å². The first-order chi connectivity index (χ1) is 10.5. The number of thiophene rings is 1. The van der Waals surface area contributed by atoms with Crippen molar-refractivity contribution in [3.05, 3.63) is 28.2 Å². The number of carboxylic acids is 1. The SMILES string of the molecule is CCOC(=O)c1c(NC(=O)C=CC(=O)[O-])sc2c1CCCC2. The van der Waals surface area contributed by atoms with E-state index in [1.807, 2.05) is 0 Å². The van der Waals surface area contributed by atoms with Gasteiger partial charge in [-0.05, 0) is 44.2 Å². The number of rotatable bonds is 5. The quantitative estimate of drug-likeness (QED) is 0.646. The first kappa shape index (κ1) is 16.2. The average Bonchev–Trinajstić information content (AvgIpc) is 2.83. The molecule has 0 aromatic carbocycles. The number of esters is 1. The van der Waals surface area contributed by atoms with Crippen LogP contribution < -0.4 is 10.4 Å². The molecule has 1 aromatic heterocycles. The van der Waals surface area contributed by atoms with Crippen LogP contribution >= 0.6 is 11.3 Å². The molecular formula is C15H16NO5S-. The Kier molecular flexibility index (Phi) is 5.32. The molecule has 1 amide bonds. The lowest BCUT2D eigenvalue weighted by Crippen LogP contribution is -2.20. The largest absolute Gasteiger partial charge is 0.545 e. The van der Waals surface area contributed by atoms with Crippen molar-refractivity contribution in [3.8, 4) is 0 Å². The Morgan fingerprint density at radius 2 is 2.00 bits per heavy atom. The maximum atomic E-state index is 12.2. The highest BCUT2D eigenvalue weighted by Crippen LogP contribution is 2.38. The molecule has 6 nitrogen and oxygen atoms in total. The molecule has 2 rings (SSSR count). The van der Waals surface area contributed by atoms with Crippen molar-refractivity contribution in [1.29, 1.82) is 0 Å². The molecule has 0 saturated heterocycles. The van der Waals surface area contributed by atoms with Crippen LogP contribution in [-0.4, -0.2) is 24.5 Å². The van der Waals surface area contributed by atoms with Crippen LogP contribution in [0.15, 0.2) is 12.2 Å². The van der Waals surface area contributed by atoms with Crippen LogP contribution in [0.1, 0.15) is 40.6 Å². The summed E-state index contributed by atoms with van der Waals surface area (Å²) in [5, 5.41) is 13.3. The van der Waals surface area contributed by atoms with Crippen molar-refractivity contribution < 1.29 is 24.2 Å². The van der Waals surface area contributed by atoms with Crippen LogP contribution in [0.3, 0.4) is 0 Å². The number of hydrogen-bond acceptors (Lipinski definition) is 6. The predicted octanol–water partition coefficient (Wildman–Crippen LogP) is 1.05. The molecule has 7 heteroatoms. The lowest BCUT2D eigenvalue weighted by Gasteiger charge is -2.12. The first-order valence-electron chi connectivity index (χ1n) is 7.04. The highest BCUT2D eigenvalue weighted by molar-refractivity contribution is 7.17. The van der Waals surface area contributed by atoms with Crippen LogP contribution in [0, 0.1) is 0 Å². The second kappa shape index (κ2) is 7.22. The molecule has 0 bridgehead atoms. The van der Waals surface area contributed by atoms with Gasteiger partial charge in [0.25, 0.3) is 0 Å². The Hall–Kier alpha value is -2.15. The smallest absolute Gasteiger partial charge is 0.341 e. The molecule has 22 heavy (non-hydrogen) atoms. The predicted molar refractivity (Wildman–Crippen MR) is 79.7 cm³/mol. The number of fused-ring (bicyclic) bond motifs is 1. The van der Waals surface area contributed by atoms with Gasteiger partial charge in [-0.3, -0.25) is 4.79 Å². The van der Waals surface area contributed by atoms with Crippen molar-refractivity contribution >= 4 is 34.2 Å². The molecule has 118 valence electrons. The molecule has 0 atom stereocenters. The summed E-state index contributed by atoms with van der Waals surface area (Å²) in [6.45, 7) is 1.97. The minimum atomic E-state index is -1.45. The van der Waals surface area contributed by atoms with Crippen LogP contribution in [0.4, 0.5) is 5.00 Å². The number of carbonyl (C=O) groups is 3. The minimum absolute atomic E-state index is 0.251. The van der Waals surface area contributed by atoms with Crippen molar-refractivity contribution in [2.75, 3.05) is 11.9 Å². The Bertz CT molecular complexity index is 632. The molecule has 1 aliphatic rings. The maximum Gasteiger partial charge on any atom is 0.341 e. The number of carbonyl (C=O) groups excluding carboxylic acids is 3. The molecule has 0 unspecified atom stereocenters. The summed E-state index contributed by atoms with van der Waals surface area (Å²) in [5.41, 5.74) is 1.34. The molecule has 0 aliphatic heterocycles. The molecule has 0 spiro atoms. The van der Waals surface area contributed by atoms with Gasteiger partial charge in [-0.1, -0.05) is 0 Å². The van der Waals surface area contributed by atoms with E-state index in [0.717, 1.165) is 42.2 Å². The highest BCUT2D eigenvalue weighted by Gasteiger charge is 2.26. The van der Waals surface area contributed by atoms with E-state index < -0.39 is 17.8 Å². The molecule has 1 N–H and O–H groups in total. The van der Waals surface area contributed by atoms with Gasteiger partial charge in [0.2, 0.25) is 5.91 Å². The van der Waals surface area contributed by atoms with Crippen molar-refractivity contribution in [3.63, 3.8) is 0 Å². The standard InChI is InChI=1S/C15H17NO5S/c1-2-21-15(20)13-9-5-3-4-6-10(9)22-14(13)16-11(17)7-8-12(18)19/h7-8H,2-6H2,1H3,(H,16,17)(H,18,19)/p-1. The third kappa shape index (κ3) is 3.73. The number of aryl methyl sites for hydroxylation is 1. The summed E-state index contributed by atoms with van der Waals surface area (Å²) < 4.78 is 5.07. The summed E-state index contributed by atoms with van der Waals surface area (Å²) >= 11 is 1.35. The molecule has 0 radical (unpaired) electrons. The molecule has 0 saturated carbocycles. The lowest BCUT2D eigenvalue weighted by atomic mass is 9.95. The Morgan fingerprint density at radius 3 is 2.68 bits per heavy atom. The summed E-state index contributed by atoms with van der Waals surface area (Å²) in [7, 11) is 0. The van der Waals surface area contributed by atoms with E-state index in [1.165, 1.54) is 11.3 Å². The van der Waals surface area contributed by atoms with E-state index in [9.17, 15) is 19.5 Å². The lowest BCUT2D eigenvalue weighted by molar-refractivity contribution is -0.297. The van der Waals surface area contributed by atoms with Gasteiger partial charge in [0.15, 0.2) is 0 Å². The number of amides is 1. The van der Waals surface area contributed by atoms with Gasteiger partial charge in [-0.2, -0.15) is 0 Å². The van der Waals surface area contributed by atoms with Gasteiger partial charge < -0.3 is 20.0 Å². The summed E-state index contributed by atoms with van der Waals surface area (Å²) in [6, 6.07) is 0. The van der Waals surface area contributed by atoms with Crippen LogP contribution in [0.25, 0.3) is 0 Å². The number of nitrogens with one attached hydrogen (secondary N) is 1. The molecule has 1 aliphatic carbocycles. The monoisotopic (exact) mass is 322 g/mol. The molecular weight excluding hydrogens is 306 g/mol. The van der Waals surface area contributed by atoms with Gasteiger partial charge in [0.1, 0.15) is 5.00 Å². The van der Waals surface area contributed by atoms with Crippen LogP contribution in [0.2, 0.25) is 0 Å². The fourth-order valence-electron chi connectivity index (χ4n) is 2.37. The average molecular weight is 322 g/mol. The normalized spacial score (nSPS) is 13.7. The zero-order chi connectivity index (χ0) is 16.1. The Morgan fingerprint density at radius 1 is 1.27 bits per heavy atom. The Labute approximate surface area is 131 Å². The van der Waals surface area contributed by atoms with E-state index in [2.05, 4.69) is 5.32 Å². The van der Waals surface area contributed by atoms with E-state index in [-0.39, 0.29) is 6.61 Å². The second-order valence-corrected chi connectivity index (χ2v) is 5.88. The number of ether oxygens (including phenoxy) is 1.